The fraction of sp³-hybridized carbons (Fsp3) is 0.545. The number of carbonyl (C=O) groups excluding carboxylic acids is 1. The first-order chi connectivity index (χ1) is 7.76. The molecule has 0 atom stereocenters. The Kier molecular flexibility index (Phi) is 4.01. The van der Waals surface area contributed by atoms with Crippen LogP contribution in [-0.4, -0.2) is 33.4 Å². The molecule has 1 heterocycles. The summed E-state index contributed by atoms with van der Waals surface area (Å²) in [5.74, 6) is 0. The van der Waals surface area contributed by atoms with E-state index >= 15 is 0 Å². The number of hydrogen-bond donors (Lipinski definition) is 2. The molecule has 0 aliphatic rings. The van der Waals surface area contributed by atoms with E-state index in [4.69, 9.17) is 4.74 Å². The summed E-state index contributed by atoms with van der Waals surface area (Å²) in [6, 6.07) is 1.68. The van der Waals surface area contributed by atoms with Crippen LogP contribution in [0.3, 0.4) is 0 Å². The van der Waals surface area contributed by atoms with Crippen LogP contribution in [0.5, 0.6) is 0 Å². The van der Waals surface area contributed by atoms with E-state index in [9.17, 15) is 14.8 Å². The van der Waals surface area contributed by atoms with Crippen LogP contribution in [0.2, 0.25) is 0 Å². The number of ether oxygens (including phenoxy) is 1. The molecule has 1 aromatic heterocycles. The van der Waals surface area contributed by atoms with Crippen molar-refractivity contribution in [2.24, 2.45) is 0 Å². The normalized spacial score (nSPS) is 11.4. The van der Waals surface area contributed by atoms with E-state index in [0.717, 1.165) is 4.57 Å². The zero-order chi connectivity index (χ0) is 13.2. The quantitative estimate of drug-likeness (QED) is 0.738. The average Bonchev–Trinajstić information content (AvgIpc) is 2.57. The molecule has 0 saturated heterocycles. The van der Waals surface area contributed by atoms with E-state index in [2.05, 4.69) is 0 Å². The number of aryl methyl sites for hydroxylation is 1. The van der Waals surface area contributed by atoms with E-state index in [1.165, 1.54) is 6.20 Å². The van der Waals surface area contributed by atoms with Crippen molar-refractivity contribution in [3.8, 4) is 0 Å². The first-order valence-corrected chi connectivity index (χ1v) is 5.56. The van der Waals surface area contributed by atoms with Gasteiger partial charge in [0.1, 0.15) is 5.60 Å². The first kappa shape index (κ1) is 13.8. The lowest BCUT2D eigenvalue weighted by Crippen LogP contribution is -2.42. The molecule has 6 heteroatoms. The minimum atomic E-state index is -1.69. The number of carbonyl (C=O) groups is 1. The van der Waals surface area contributed by atoms with Crippen molar-refractivity contribution in [2.45, 2.75) is 39.7 Å². The van der Waals surface area contributed by atoms with Crippen LogP contribution in [0, 0.1) is 0 Å². The Morgan fingerprint density at radius 1 is 1.47 bits per heavy atom. The smallest absolute Gasteiger partial charge is 0.443 e. The molecule has 0 aliphatic heterocycles. The van der Waals surface area contributed by atoms with E-state index in [1.54, 1.807) is 26.8 Å². The lowest BCUT2D eigenvalue weighted by atomic mass is 9.82. The summed E-state index contributed by atoms with van der Waals surface area (Å²) in [5.41, 5.74) is 0.262. The van der Waals surface area contributed by atoms with Gasteiger partial charge in [0, 0.05) is 6.20 Å². The summed E-state index contributed by atoms with van der Waals surface area (Å²) in [6.45, 7) is 7.14. The first-order valence-electron chi connectivity index (χ1n) is 5.56. The minimum absolute atomic E-state index is 0.168. The van der Waals surface area contributed by atoms with Gasteiger partial charge in [-0.15, -0.1) is 0 Å². The van der Waals surface area contributed by atoms with Crippen molar-refractivity contribution in [2.75, 3.05) is 0 Å². The van der Waals surface area contributed by atoms with Crippen LogP contribution in [0.1, 0.15) is 33.3 Å². The number of rotatable bonds is 2. The summed E-state index contributed by atoms with van der Waals surface area (Å²) in [5, 5.41) is 18.6. The molecular formula is C11H18BNO4. The van der Waals surface area contributed by atoms with E-state index < -0.39 is 18.8 Å². The maximum atomic E-state index is 11.8. The van der Waals surface area contributed by atoms with E-state index in [-0.39, 0.29) is 5.59 Å². The topological polar surface area (TPSA) is 71.7 Å². The van der Waals surface area contributed by atoms with Gasteiger partial charge in [0.15, 0.2) is 0 Å². The Bertz CT molecular complexity index is 406. The zero-order valence-electron chi connectivity index (χ0n) is 10.6. The van der Waals surface area contributed by atoms with E-state index in [1.807, 2.05) is 6.92 Å². The Balaban J connectivity index is 3.06. The molecule has 1 rings (SSSR count). The molecule has 2 N–H and O–H groups in total. The van der Waals surface area contributed by atoms with Gasteiger partial charge in [-0.2, -0.15) is 0 Å². The summed E-state index contributed by atoms with van der Waals surface area (Å²) >= 11 is 0. The highest BCUT2D eigenvalue weighted by Crippen LogP contribution is 2.10. The second-order valence-corrected chi connectivity index (χ2v) is 4.80. The second kappa shape index (κ2) is 4.93. The fourth-order valence-corrected chi connectivity index (χ4v) is 1.54. The van der Waals surface area contributed by atoms with Crippen LogP contribution in [0.15, 0.2) is 12.3 Å². The maximum absolute atomic E-state index is 11.8. The number of nitrogens with zero attached hydrogens (tertiary/aromatic N) is 1. The molecule has 0 unspecified atom stereocenters. The van der Waals surface area contributed by atoms with Crippen LogP contribution < -0.4 is 5.59 Å². The predicted molar refractivity (Wildman–Crippen MR) is 65.3 cm³/mol. The molecule has 94 valence electrons. The van der Waals surface area contributed by atoms with Gasteiger partial charge in [0.25, 0.3) is 0 Å². The third-order valence-electron chi connectivity index (χ3n) is 2.23. The minimum Gasteiger partial charge on any atom is -0.443 e. The van der Waals surface area contributed by atoms with Gasteiger partial charge in [-0.05, 0) is 38.8 Å². The molecule has 0 bridgehead atoms. The summed E-state index contributed by atoms with van der Waals surface area (Å²) in [7, 11) is -1.69. The average molecular weight is 239 g/mol. The Morgan fingerprint density at radius 2 is 2.06 bits per heavy atom. The van der Waals surface area contributed by atoms with Gasteiger partial charge in [-0.25, -0.2) is 4.79 Å². The molecular weight excluding hydrogens is 221 g/mol. The summed E-state index contributed by atoms with van der Waals surface area (Å²) in [6.07, 6.45) is 1.49. The van der Waals surface area contributed by atoms with Crippen LogP contribution in [0.4, 0.5) is 4.79 Å². The lowest BCUT2D eigenvalue weighted by molar-refractivity contribution is 0.0540. The largest absolute Gasteiger partial charge is 0.506 e. The number of aromatic nitrogens is 1. The third kappa shape index (κ3) is 3.34. The summed E-state index contributed by atoms with van der Waals surface area (Å²) in [4.78, 5) is 11.8. The van der Waals surface area contributed by atoms with Gasteiger partial charge in [-0.1, -0.05) is 6.92 Å². The van der Waals surface area contributed by atoms with Crippen LogP contribution in [0.25, 0.3) is 0 Å². The Hall–Kier alpha value is -1.27. The molecule has 17 heavy (non-hydrogen) atoms. The molecule has 5 nitrogen and oxygen atoms in total. The lowest BCUT2D eigenvalue weighted by Gasteiger charge is -2.20. The molecule has 0 saturated carbocycles. The van der Waals surface area contributed by atoms with Gasteiger partial charge in [-0.3, -0.25) is 4.57 Å². The van der Waals surface area contributed by atoms with Gasteiger partial charge >= 0.3 is 13.2 Å². The van der Waals surface area contributed by atoms with Crippen molar-refractivity contribution in [1.29, 1.82) is 0 Å². The predicted octanol–water partition coefficient (Wildman–Crippen LogP) is 0.513. The van der Waals surface area contributed by atoms with Gasteiger partial charge in [0.2, 0.25) is 0 Å². The molecule has 1 aromatic rings. The zero-order valence-corrected chi connectivity index (χ0v) is 10.6. The van der Waals surface area contributed by atoms with Crippen molar-refractivity contribution >= 4 is 18.8 Å². The van der Waals surface area contributed by atoms with Crippen molar-refractivity contribution < 1.29 is 19.6 Å². The highest BCUT2D eigenvalue weighted by atomic mass is 16.6. The molecule has 0 spiro atoms. The van der Waals surface area contributed by atoms with Crippen molar-refractivity contribution in [3.63, 3.8) is 0 Å². The number of hydrogen-bond acceptors (Lipinski definition) is 4. The van der Waals surface area contributed by atoms with Crippen LogP contribution in [-0.2, 0) is 11.2 Å². The molecule has 0 amide bonds. The SMILES string of the molecule is CCc1ccn(C(=O)OC(C)(C)C)c1B(O)O. The summed E-state index contributed by atoms with van der Waals surface area (Å²) < 4.78 is 6.31. The monoisotopic (exact) mass is 239 g/mol. The Morgan fingerprint density at radius 3 is 2.47 bits per heavy atom. The van der Waals surface area contributed by atoms with Crippen molar-refractivity contribution in [3.05, 3.63) is 17.8 Å². The van der Waals surface area contributed by atoms with Crippen LogP contribution >= 0.6 is 0 Å². The third-order valence-corrected chi connectivity index (χ3v) is 2.23. The highest BCUT2D eigenvalue weighted by Gasteiger charge is 2.26. The van der Waals surface area contributed by atoms with E-state index in [0.29, 0.717) is 12.0 Å². The fourth-order valence-electron chi connectivity index (χ4n) is 1.54. The Labute approximate surface area is 101 Å². The maximum Gasteiger partial charge on any atom is 0.506 e. The highest BCUT2D eigenvalue weighted by molar-refractivity contribution is 6.58. The van der Waals surface area contributed by atoms with Gasteiger partial charge < -0.3 is 14.8 Å². The standard InChI is InChI=1S/C11H18BNO4/c1-5-8-6-7-13(9(8)12(15)16)10(14)17-11(2,3)4/h6-7,15-16H,5H2,1-4H3. The molecule has 0 fully saturated rings. The molecule has 0 aromatic carbocycles. The molecule has 0 aliphatic carbocycles. The molecule has 0 radical (unpaired) electrons. The van der Waals surface area contributed by atoms with Gasteiger partial charge in [0.05, 0.1) is 5.59 Å². The second-order valence-electron chi connectivity index (χ2n) is 4.80. The van der Waals surface area contributed by atoms with Crippen molar-refractivity contribution in [1.82, 2.24) is 4.57 Å².